The number of aromatic nitrogens is 2. The number of rotatable bonds is 7. The van der Waals surface area contributed by atoms with Crippen LogP contribution in [-0.4, -0.2) is 44.7 Å². The monoisotopic (exact) mass is 471 g/mol. The molecule has 0 radical (unpaired) electrons. The molecule has 1 saturated heterocycles. The number of benzene rings is 2. The summed E-state index contributed by atoms with van der Waals surface area (Å²) in [7, 11) is 0. The zero-order valence-electron chi connectivity index (χ0n) is 18.5. The van der Waals surface area contributed by atoms with Crippen molar-refractivity contribution in [1.82, 2.24) is 14.3 Å². The summed E-state index contributed by atoms with van der Waals surface area (Å²) in [6.45, 7) is 2.61. The zero-order chi connectivity index (χ0) is 22.8. The average Bonchev–Trinajstić information content (AvgIpc) is 2.82. The smallest absolute Gasteiger partial charge is 0.303 e. The molecule has 2 aromatic carbocycles. The van der Waals surface area contributed by atoms with Crippen molar-refractivity contribution < 1.29 is 9.90 Å². The Morgan fingerprint density at radius 2 is 1.66 bits per heavy atom. The molecule has 5 nitrogen and oxygen atoms in total. The lowest BCUT2D eigenvalue weighted by molar-refractivity contribution is -0.137. The van der Waals surface area contributed by atoms with Crippen LogP contribution in [0.15, 0.2) is 48.5 Å². The molecule has 0 saturated carbocycles. The number of unbranched alkanes of at least 4 members (excludes halogenated alkanes) is 1. The van der Waals surface area contributed by atoms with Gasteiger partial charge in [-0.05, 0) is 62.6 Å². The second kappa shape index (κ2) is 12.8. The van der Waals surface area contributed by atoms with Crippen molar-refractivity contribution in [3.63, 3.8) is 0 Å². The fraction of sp³-hybridized carbons (Fsp3) is 0.400. The van der Waals surface area contributed by atoms with Gasteiger partial charge in [0, 0.05) is 30.1 Å². The van der Waals surface area contributed by atoms with Gasteiger partial charge >= 0.3 is 5.97 Å². The van der Waals surface area contributed by atoms with E-state index in [4.69, 9.17) is 26.7 Å². The van der Waals surface area contributed by atoms with E-state index < -0.39 is 5.97 Å². The van der Waals surface area contributed by atoms with E-state index in [9.17, 15) is 4.79 Å². The lowest BCUT2D eigenvalue weighted by Crippen LogP contribution is -2.22. The van der Waals surface area contributed by atoms with E-state index in [2.05, 4.69) is 10.6 Å². The fourth-order valence-corrected chi connectivity index (χ4v) is 4.42. The van der Waals surface area contributed by atoms with Crippen molar-refractivity contribution in [2.75, 3.05) is 19.3 Å². The van der Waals surface area contributed by atoms with Crippen LogP contribution in [0.2, 0.25) is 5.02 Å². The summed E-state index contributed by atoms with van der Waals surface area (Å²) in [6, 6.07) is 15.3. The molecule has 32 heavy (non-hydrogen) atoms. The topological polar surface area (TPSA) is 66.3 Å². The van der Waals surface area contributed by atoms with Crippen LogP contribution in [-0.2, 0) is 11.2 Å². The molecule has 1 N–H and O–H groups in total. The fourth-order valence-electron chi connectivity index (χ4n) is 3.67. The Kier molecular flexibility index (Phi) is 9.78. The molecule has 1 aliphatic heterocycles. The van der Waals surface area contributed by atoms with Crippen molar-refractivity contribution in [1.29, 1.82) is 0 Å². The van der Waals surface area contributed by atoms with Crippen molar-refractivity contribution in [3.8, 4) is 11.3 Å². The number of aliphatic carboxylic acids is 1. The quantitative estimate of drug-likeness (QED) is 0.313. The number of carboxylic acids is 1. The Labute approximate surface area is 199 Å². The maximum absolute atomic E-state index is 10.7. The summed E-state index contributed by atoms with van der Waals surface area (Å²) >= 11 is 7.85. The molecular formula is C25H30ClN3O2S. The normalized spacial score (nSPS) is 14.1. The standard InChI is InChI=1S/C19H17ClN2O2.C6H13NS/c20-14-11-9-13(10-12-14)19-17(7-3-4-8-18(23)24)21-15-5-1-2-6-16(15)22-19;1-8-7-5-3-2-4-6-7/h1-2,5-6,9-12H,3-4,7-8H2,(H,23,24);2-6H2,1H3. The van der Waals surface area contributed by atoms with Crippen LogP contribution in [0.25, 0.3) is 22.3 Å². The van der Waals surface area contributed by atoms with Gasteiger partial charge in [-0.1, -0.05) is 54.2 Å². The highest BCUT2D eigenvalue weighted by Crippen LogP contribution is 2.26. The number of piperidine rings is 1. The molecule has 0 unspecified atom stereocenters. The van der Waals surface area contributed by atoms with Crippen molar-refractivity contribution in [2.45, 2.75) is 44.9 Å². The third kappa shape index (κ3) is 7.47. The SMILES string of the molecule is CSN1CCCCC1.O=C(O)CCCCc1nc2ccccc2nc1-c1ccc(Cl)cc1. The summed E-state index contributed by atoms with van der Waals surface area (Å²) < 4.78 is 2.43. The number of halogens is 1. The number of para-hydroxylation sites is 2. The number of hydrogen-bond acceptors (Lipinski definition) is 5. The van der Waals surface area contributed by atoms with Gasteiger partial charge in [0.2, 0.25) is 0 Å². The number of carbonyl (C=O) groups is 1. The zero-order valence-corrected chi connectivity index (χ0v) is 20.0. The Hall–Kier alpha value is -2.15. The van der Waals surface area contributed by atoms with Crippen LogP contribution in [0, 0.1) is 0 Å². The van der Waals surface area contributed by atoms with E-state index >= 15 is 0 Å². The van der Waals surface area contributed by atoms with E-state index in [0.29, 0.717) is 17.9 Å². The van der Waals surface area contributed by atoms with Crippen LogP contribution in [0.5, 0.6) is 0 Å². The number of aryl methyl sites for hydroxylation is 1. The minimum absolute atomic E-state index is 0.178. The Morgan fingerprint density at radius 3 is 2.25 bits per heavy atom. The summed E-state index contributed by atoms with van der Waals surface area (Å²) in [5.41, 5.74) is 4.38. The minimum Gasteiger partial charge on any atom is -0.481 e. The molecule has 4 rings (SSSR count). The molecule has 7 heteroatoms. The van der Waals surface area contributed by atoms with Gasteiger partial charge in [0.25, 0.3) is 0 Å². The first-order valence-corrected chi connectivity index (χ1v) is 12.6. The van der Waals surface area contributed by atoms with E-state index in [0.717, 1.165) is 34.4 Å². The van der Waals surface area contributed by atoms with Crippen LogP contribution < -0.4 is 0 Å². The highest BCUT2D eigenvalue weighted by atomic mass is 35.5. The molecule has 3 aromatic rings. The predicted molar refractivity (Wildman–Crippen MR) is 134 cm³/mol. The van der Waals surface area contributed by atoms with E-state index in [1.165, 1.54) is 32.4 Å². The second-order valence-corrected chi connectivity index (χ2v) is 9.11. The lowest BCUT2D eigenvalue weighted by atomic mass is 10.0. The van der Waals surface area contributed by atoms with Gasteiger partial charge in [-0.2, -0.15) is 0 Å². The van der Waals surface area contributed by atoms with Crippen LogP contribution in [0.1, 0.15) is 44.2 Å². The molecule has 0 aliphatic carbocycles. The second-order valence-electron chi connectivity index (χ2n) is 7.79. The summed E-state index contributed by atoms with van der Waals surface area (Å²) in [5, 5.41) is 9.45. The maximum Gasteiger partial charge on any atom is 0.303 e. The molecule has 1 fully saturated rings. The van der Waals surface area contributed by atoms with Gasteiger partial charge in [0.05, 0.1) is 22.4 Å². The predicted octanol–water partition coefficient (Wildman–Crippen LogP) is 6.50. The number of nitrogens with zero attached hydrogens (tertiary/aromatic N) is 3. The Bertz CT molecular complexity index is 1010. The molecular weight excluding hydrogens is 442 g/mol. The van der Waals surface area contributed by atoms with Crippen LogP contribution in [0.4, 0.5) is 0 Å². The minimum atomic E-state index is -0.766. The Morgan fingerprint density at radius 1 is 1.00 bits per heavy atom. The first-order valence-electron chi connectivity index (χ1n) is 11.1. The van der Waals surface area contributed by atoms with Gasteiger partial charge < -0.3 is 5.11 Å². The highest BCUT2D eigenvalue weighted by molar-refractivity contribution is 7.96. The van der Waals surface area contributed by atoms with E-state index in [-0.39, 0.29) is 6.42 Å². The summed E-state index contributed by atoms with van der Waals surface area (Å²) in [5.74, 6) is -0.766. The van der Waals surface area contributed by atoms with Crippen LogP contribution >= 0.6 is 23.5 Å². The van der Waals surface area contributed by atoms with Crippen molar-refractivity contribution >= 4 is 40.6 Å². The van der Waals surface area contributed by atoms with Gasteiger partial charge in [-0.3, -0.25) is 9.10 Å². The van der Waals surface area contributed by atoms with Crippen molar-refractivity contribution in [3.05, 3.63) is 59.2 Å². The third-order valence-electron chi connectivity index (χ3n) is 5.39. The number of hydrogen-bond donors (Lipinski definition) is 1. The molecule has 1 aromatic heterocycles. The first-order chi connectivity index (χ1) is 15.6. The van der Waals surface area contributed by atoms with Gasteiger partial charge in [0.1, 0.15) is 0 Å². The maximum atomic E-state index is 10.7. The summed E-state index contributed by atoms with van der Waals surface area (Å²) in [6.07, 6.45) is 8.67. The molecule has 0 atom stereocenters. The number of carboxylic acid groups (broad SMARTS) is 1. The lowest BCUT2D eigenvalue weighted by Gasteiger charge is -2.22. The molecule has 0 spiro atoms. The average molecular weight is 472 g/mol. The van der Waals surface area contributed by atoms with Crippen LogP contribution in [0.3, 0.4) is 0 Å². The molecule has 170 valence electrons. The Balaban J connectivity index is 0.000000305. The van der Waals surface area contributed by atoms with E-state index in [1.807, 2.05) is 60.5 Å². The third-order valence-corrected chi connectivity index (χ3v) is 6.52. The molecule has 0 amide bonds. The van der Waals surface area contributed by atoms with Gasteiger partial charge in [0.15, 0.2) is 0 Å². The largest absolute Gasteiger partial charge is 0.481 e. The van der Waals surface area contributed by atoms with E-state index in [1.54, 1.807) is 0 Å². The number of fused-ring (bicyclic) bond motifs is 1. The first kappa shape index (κ1) is 24.5. The highest BCUT2D eigenvalue weighted by Gasteiger charge is 2.11. The van der Waals surface area contributed by atoms with Crippen molar-refractivity contribution in [2.24, 2.45) is 0 Å². The van der Waals surface area contributed by atoms with Gasteiger partial charge in [-0.15, -0.1) is 0 Å². The van der Waals surface area contributed by atoms with Gasteiger partial charge in [-0.25, -0.2) is 9.97 Å². The summed E-state index contributed by atoms with van der Waals surface area (Å²) in [4.78, 5) is 20.2. The molecule has 1 aliphatic rings. The molecule has 2 heterocycles. The molecule has 0 bridgehead atoms.